The van der Waals surface area contributed by atoms with Gasteiger partial charge in [0.05, 0.1) is 0 Å². The van der Waals surface area contributed by atoms with Gasteiger partial charge in [0, 0.05) is 48.6 Å². The second-order valence-corrected chi connectivity index (χ2v) is 6.63. The highest BCUT2D eigenvalue weighted by molar-refractivity contribution is 6.06. The van der Waals surface area contributed by atoms with Gasteiger partial charge in [0.2, 0.25) is 0 Å². The van der Waals surface area contributed by atoms with Crippen molar-refractivity contribution in [2.24, 2.45) is 9.98 Å². The monoisotopic (exact) mass is 361 g/mol. The van der Waals surface area contributed by atoms with Gasteiger partial charge in [-0.3, -0.25) is 14.8 Å². The van der Waals surface area contributed by atoms with Gasteiger partial charge in [-0.25, -0.2) is 0 Å². The summed E-state index contributed by atoms with van der Waals surface area (Å²) in [4.78, 5) is 21.5. The van der Waals surface area contributed by atoms with E-state index >= 15 is 0 Å². The molecular formula is C21H23N5O. The van der Waals surface area contributed by atoms with Crippen LogP contribution >= 0.6 is 0 Å². The Hall–Kier alpha value is -3.15. The molecule has 27 heavy (non-hydrogen) atoms. The fraction of sp³-hybridized carbons (Fsp3) is 0.286. The van der Waals surface area contributed by atoms with Crippen LogP contribution in [0.2, 0.25) is 0 Å². The number of amidine groups is 2. The van der Waals surface area contributed by atoms with Crippen molar-refractivity contribution in [1.29, 1.82) is 0 Å². The van der Waals surface area contributed by atoms with Crippen LogP contribution in [0.1, 0.15) is 34.3 Å². The first kappa shape index (κ1) is 17.3. The van der Waals surface area contributed by atoms with Gasteiger partial charge in [0.1, 0.15) is 11.7 Å². The van der Waals surface area contributed by atoms with E-state index in [-0.39, 0.29) is 5.91 Å². The zero-order chi connectivity index (χ0) is 18.5. The van der Waals surface area contributed by atoms with Crippen LogP contribution in [0, 0.1) is 0 Å². The molecule has 2 aliphatic rings. The van der Waals surface area contributed by atoms with Crippen molar-refractivity contribution in [3.8, 4) is 0 Å². The average molecular weight is 361 g/mol. The number of nitrogens with one attached hydrogen (secondary N) is 3. The number of carbonyl (C=O) groups is 1. The second kappa shape index (κ2) is 8.03. The summed E-state index contributed by atoms with van der Waals surface area (Å²) in [6.07, 6.45) is 2.13. The second-order valence-electron chi connectivity index (χ2n) is 6.63. The normalized spacial score (nSPS) is 16.4. The lowest BCUT2D eigenvalue weighted by molar-refractivity contribution is 0.102. The summed E-state index contributed by atoms with van der Waals surface area (Å²) in [5, 5.41) is 9.53. The molecule has 0 saturated carbocycles. The highest BCUT2D eigenvalue weighted by Gasteiger charge is 2.11. The van der Waals surface area contributed by atoms with E-state index in [2.05, 4.69) is 25.9 Å². The molecule has 0 bridgehead atoms. The summed E-state index contributed by atoms with van der Waals surface area (Å²) in [5.74, 6) is 1.71. The number of aliphatic imine (C=N–C) groups is 2. The van der Waals surface area contributed by atoms with Crippen molar-refractivity contribution in [3.05, 3.63) is 65.2 Å². The highest BCUT2D eigenvalue weighted by atomic mass is 16.1. The van der Waals surface area contributed by atoms with Gasteiger partial charge < -0.3 is 16.0 Å². The predicted molar refractivity (Wildman–Crippen MR) is 109 cm³/mol. The third-order valence-corrected chi connectivity index (χ3v) is 4.63. The van der Waals surface area contributed by atoms with Gasteiger partial charge in [-0.05, 0) is 49.2 Å². The molecule has 6 nitrogen and oxygen atoms in total. The number of hydrogen-bond donors (Lipinski definition) is 3. The van der Waals surface area contributed by atoms with E-state index in [0.717, 1.165) is 67.5 Å². The van der Waals surface area contributed by atoms with E-state index in [4.69, 9.17) is 0 Å². The Morgan fingerprint density at radius 2 is 1.30 bits per heavy atom. The van der Waals surface area contributed by atoms with Gasteiger partial charge in [0.25, 0.3) is 5.91 Å². The van der Waals surface area contributed by atoms with E-state index in [1.54, 1.807) is 0 Å². The average Bonchev–Trinajstić information content (AvgIpc) is 2.76. The van der Waals surface area contributed by atoms with E-state index in [9.17, 15) is 4.79 Å². The number of anilines is 1. The lowest BCUT2D eigenvalue weighted by atomic mass is 10.1. The third-order valence-electron chi connectivity index (χ3n) is 4.63. The lowest BCUT2D eigenvalue weighted by Gasteiger charge is -2.15. The first-order chi connectivity index (χ1) is 13.3. The maximum atomic E-state index is 12.5. The zero-order valence-corrected chi connectivity index (χ0v) is 15.2. The minimum atomic E-state index is -0.124. The number of benzene rings is 2. The van der Waals surface area contributed by atoms with Crippen LogP contribution in [0.15, 0.2) is 58.5 Å². The summed E-state index contributed by atoms with van der Waals surface area (Å²) >= 11 is 0. The summed E-state index contributed by atoms with van der Waals surface area (Å²) in [6, 6.07) is 15.3. The molecule has 0 aromatic heterocycles. The first-order valence-electron chi connectivity index (χ1n) is 9.38. The molecule has 2 aromatic carbocycles. The maximum Gasteiger partial charge on any atom is 0.255 e. The molecule has 2 aromatic rings. The minimum absolute atomic E-state index is 0.124. The smallest absolute Gasteiger partial charge is 0.255 e. The van der Waals surface area contributed by atoms with Gasteiger partial charge >= 0.3 is 0 Å². The molecule has 0 fully saturated rings. The Balaban J connectivity index is 1.41. The molecule has 0 atom stereocenters. The molecule has 0 aliphatic carbocycles. The molecule has 0 radical (unpaired) electrons. The van der Waals surface area contributed by atoms with Crippen molar-refractivity contribution >= 4 is 23.3 Å². The van der Waals surface area contributed by atoms with Gasteiger partial charge in [-0.15, -0.1) is 0 Å². The van der Waals surface area contributed by atoms with Crippen LogP contribution < -0.4 is 16.0 Å². The van der Waals surface area contributed by atoms with Gasteiger partial charge in [-0.1, -0.05) is 12.1 Å². The Labute approximate surface area is 158 Å². The predicted octanol–water partition coefficient (Wildman–Crippen LogP) is 2.42. The zero-order valence-electron chi connectivity index (χ0n) is 15.2. The number of nitrogens with zero attached hydrogens (tertiary/aromatic N) is 2. The van der Waals surface area contributed by atoms with E-state index in [0.29, 0.717) is 5.56 Å². The van der Waals surface area contributed by atoms with Crippen molar-refractivity contribution < 1.29 is 4.79 Å². The van der Waals surface area contributed by atoms with E-state index < -0.39 is 0 Å². The summed E-state index contributed by atoms with van der Waals surface area (Å²) in [6.45, 7) is 3.61. The molecule has 1 amide bonds. The topological polar surface area (TPSA) is 77.9 Å². The van der Waals surface area contributed by atoms with Crippen LogP contribution in [-0.2, 0) is 0 Å². The summed E-state index contributed by atoms with van der Waals surface area (Å²) in [5.41, 5.74) is 3.44. The van der Waals surface area contributed by atoms with Gasteiger partial charge in [-0.2, -0.15) is 0 Å². The van der Waals surface area contributed by atoms with E-state index in [1.165, 1.54) is 0 Å². The number of amides is 1. The van der Waals surface area contributed by atoms with Crippen LogP contribution in [0.3, 0.4) is 0 Å². The van der Waals surface area contributed by atoms with Crippen molar-refractivity contribution in [3.63, 3.8) is 0 Å². The molecule has 3 N–H and O–H groups in total. The molecule has 2 heterocycles. The highest BCUT2D eigenvalue weighted by Crippen LogP contribution is 2.14. The number of rotatable bonds is 4. The quantitative estimate of drug-likeness (QED) is 0.783. The Kier molecular flexibility index (Phi) is 5.14. The van der Waals surface area contributed by atoms with Gasteiger partial charge in [0.15, 0.2) is 0 Å². The van der Waals surface area contributed by atoms with Crippen LogP contribution in [0.4, 0.5) is 5.69 Å². The molecule has 6 heteroatoms. The standard InChI is InChI=1S/C21H23N5O/c27-21(17-5-3-15(4-6-17)19-22-11-1-12-23-19)26-18-9-7-16(8-10-18)20-24-13-2-14-25-20/h3-10H,1-2,11-14H2,(H,22,23)(H,24,25)(H,26,27). The molecule has 4 rings (SSSR count). The van der Waals surface area contributed by atoms with Crippen LogP contribution in [0.25, 0.3) is 0 Å². The van der Waals surface area contributed by atoms with Crippen molar-refractivity contribution in [2.45, 2.75) is 12.8 Å². The fourth-order valence-electron chi connectivity index (χ4n) is 3.15. The molecule has 0 saturated heterocycles. The fourth-order valence-corrected chi connectivity index (χ4v) is 3.15. The van der Waals surface area contributed by atoms with Crippen LogP contribution in [0.5, 0.6) is 0 Å². The Morgan fingerprint density at radius 3 is 1.78 bits per heavy atom. The molecule has 138 valence electrons. The first-order valence-corrected chi connectivity index (χ1v) is 9.38. The third kappa shape index (κ3) is 4.16. The van der Waals surface area contributed by atoms with Crippen molar-refractivity contribution in [1.82, 2.24) is 10.6 Å². The molecule has 0 unspecified atom stereocenters. The Bertz CT molecular complexity index is 868. The SMILES string of the molecule is O=C(Nc1ccc(C2=NCCCN2)cc1)c1ccc(C2=NCCCN2)cc1. The number of carbonyl (C=O) groups excluding carboxylic acids is 1. The molecular weight excluding hydrogens is 338 g/mol. The largest absolute Gasteiger partial charge is 0.370 e. The Morgan fingerprint density at radius 1 is 0.778 bits per heavy atom. The molecule has 2 aliphatic heterocycles. The lowest BCUT2D eigenvalue weighted by Crippen LogP contribution is -2.30. The van der Waals surface area contributed by atoms with Crippen molar-refractivity contribution in [2.75, 3.05) is 31.5 Å². The summed E-state index contributed by atoms with van der Waals surface area (Å²) in [7, 11) is 0. The molecule has 0 spiro atoms. The summed E-state index contributed by atoms with van der Waals surface area (Å²) < 4.78 is 0. The van der Waals surface area contributed by atoms with Crippen LogP contribution in [-0.4, -0.2) is 43.8 Å². The van der Waals surface area contributed by atoms with E-state index in [1.807, 2.05) is 48.5 Å². The number of hydrogen-bond acceptors (Lipinski definition) is 5. The minimum Gasteiger partial charge on any atom is -0.370 e. The maximum absolute atomic E-state index is 12.5.